The lowest BCUT2D eigenvalue weighted by Crippen LogP contribution is -2.49. The zero-order chi connectivity index (χ0) is 18.2. The average molecular weight is 346 g/mol. The van der Waals surface area contributed by atoms with Crippen LogP contribution in [0, 0.1) is 0 Å². The first-order valence-electron chi connectivity index (χ1n) is 8.56. The van der Waals surface area contributed by atoms with Gasteiger partial charge in [-0.15, -0.1) is 0 Å². The molecule has 1 saturated heterocycles. The number of urea groups is 1. The van der Waals surface area contributed by atoms with Crippen molar-refractivity contribution in [1.82, 2.24) is 20.4 Å². The number of nitrogens with zero attached hydrogens (tertiary/aromatic N) is 2. The van der Waals surface area contributed by atoms with Gasteiger partial charge in [-0.25, -0.2) is 4.79 Å². The maximum Gasteiger partial charge on any atom is 0.317 e. The van der Waals surface area contributed by atoms with Crippen LogP contribution in [-0.2, 0) is 4.79 Å². The highest BCUT2D eigenvalue weighted by molar-refractivity contribution is 5.94. The van der Waals surface area contributed by atoms with Gasteiger partial charge in [0.25, 0.3) is 5.91 Å². The Balaban J connectivity index is 1.69. The van der Waals surface area contributed by atoms with E-state index < -0.39 is 0 Å². The maximum atomic E-state index is 12.1. The van der Waals surface area contributed by atoms with Gasteiger partial charge in [0.1, 0.15) is 0 Å². The molecule has 7 heteroatoms. The Morgan fingerprint density at radius 2 is 1.76 bits per heavy atom. The normalized spacial score (nSPS) is 14.7. The number of carbonyl (C=O) groups excluding carboxylic acids is 3. The number of rotatable bonds is 5. The van der Waals surface area contributed by atoms with Crippen molar-refractivity contribution < 1.29 is 14.4 Å². The molecule has 2 N–H and O–H groups in total. The third kappa shape index (κ3) is 5.77. The predicted octanol–water partition coefficient (Wildman–Crippen LogP) is 1.07. The number of nitrogens with one attached hydrogen (secondary N) is 2. The van der Waals surface area contributed by atoms with Crippen LogP contribution in [0.3, 0.4) is 0 Å². The first kappa shape index (κ1) is 18.8. The summed E-state index contributed by atoms with van der Waals surface area (Å²) in [5.74, 6) is -0.0895. The van der Waals surface area contributed by atoms with E-state index in [0.717, 1.165) is 12.8 Å². The molecule has 0 bridgehead atoms. The Kier molecular flexibility index (Phi) is 6.80. The molecule has 0 spiro atoms. The van der Waals surface area contributed by atoms with E-state index in [0.29, 0.717) is 31.6 Å². The van der Waals surface area contributed by atoms with E-state index in [-0.39, 0.29) is 23.9 Å². The number of likely N-dealkylation sites (tertiary alicyclic amines) is 1. The Labute approximate surface area is 148 Å². The van der Waals surface area contributed by atoms with Crippen LogP contribution in [0.5, 0.6) is 0 Å². The van der Waals surface area contributed by atoms with Gasteiger partial charge in [0.15, 0.2) is 0 Å². The predicted molar refractivity (Wildman–Crippen MR) is 95.2 cm³/mol. The van der Waals surface area contributed by atoms with Crippen molar-refractivity contribution in [3.8, 4) is 0 Å². The van der Waals surface area contributed by atoms with Crippen molar-refractivity contribution in [2.45, 2.75) is 25.3 Å². The minimum atomic E-state index is -0.153. The number of hydrogen-bond acceptors (Lipinski definition) is 3. The maximum absolute atomic E-state index is 12.1. The first-order chi connectivity index (χ1) is 12.0. The summed E-state index contributed by atoms with van der Waals surface area (Å²) in [5, 5.41) is 5.79. The summed E-state index contributed by atoms with van der Waals surface area (Å²) in [6, 6.07) is 9.04. The van der Waals surface area contributed by atoms with E-state index in [2.05, 4.69) is 10.6 Å². The molecule has 1 aromatic carbocycles. The quantitative estimate of drug-likeness (QED) is 0.837. The minimum Gasteiger partial charge on any atom is -0.349 e. The van der Waals surface area contributed by atoms with Crippen LogP contribution >= 0.6 is 0 Å². The lowest BCUT2D eigenvalue weighted by Gasteiger charge is -2.32. The van der Waals surface area contributed by atoms with Crippen LogP contribution in [-0.4, -0.2) is 67.4 Å². The van der Waals surface area contributed by atoms with Crippen molar-refractivity contribution in [3.63, 3.8) is 0 Å². The summed E-state index contributed by atoms with van der Waals surface area (Å²) in [7, 11) is 3.39. The summed E-state index contributed by atoms with van der Waals surface area (Å²) in [4.78, 5) is 39.0. The van der Waals surface area contributed by atoms with E-state index in [9.17, 15) is 14.4 Å². The summed E-state index contributed by atoms with van der Waals surface area (Å²) < 4.78 is 0. The summed E-state index contributed by atoms with van der Waals surface area (Å²) in [6.07, 6.45) is 1.74. The summed E-state index contributed by atoms with van der Waals surface area (Å²) in [5.41, 5.74) is 0.647. The third-order valence-electron chi connectivity index (χ3n) is 4.27. The van der Waals surface area contributed by atoms with Gasteiger partial charge in [-0.3, -0.25) is 9.59 Å². The van der Waals surface area contributed by atoms with Crippen LogP contribution in [0.4, 0.5) is 4.79 Å². The van der Waals surface area contributed by atoms with Crippen molar-refractivity contribution in [1.29, 1.82) is 0 Å². The zero-order valence-electron chi connectivity index (χ0n) is 14.8. The van der Waals surface area contributed by atoms with Crippen LogP contribution in [0.25, 0.3) is 0 Å². The smallest absolute Gasteiger partial charge is 0.317 e. The molecule has 0 radical (unpaired) electrons. The van der Waals surface area contributed by atoms with Crippen molar-refractivity contribution in [2.75, 3.05) is 33.7 Å². The number of piperidine rings is 1. The van der Waals surface area contributed by atoms with Gasteiger partial charge in [0.05, 0.1) is 0 Å². The van der Waals surface area contributed by atoms with E-state index in [1.807, 2.05) is 18.2 Å². The van der Waals surface area contributed by atoms with Crippen LogP contribution in [0.15, 0.2) is 30.3 Å². The molecule has 1 fully saturated rings. The number of hydrogen-bond donors (Lipinski definition) is 2. The molecular formula is C18H26N4O3. The van der Waals surface area contributed by atoms with Crippen molar-refractivity contribution in [3.05, 3.63) is 35.9 Å². The second-order valence-corrected chi connectivity index (χ2v) is 6.37. The molecule has 2 rings (SSSR count). The van der Waals surface area contributed by atoms with Gasteiger partial charge in [-0.2, -0.15) is 0 Å². The van der Waals surface area contributed by atoms with E-state index in [4.69, 9.17) is 0 Å². The van der Waals surface area contributed by atoms with Crippen LogP contribution in [0.2, 0.25) is 0 Å². The van der Waals surface area contributed by atoms with Gasteiger partial charge in [-0.05, 0) is 25.0 Å². The Morgan fingerprint density at radius 3 is 2.36 bits per heavy atom. The van der Waals surface area contributed by atoms with Gasteiger partial charge in [-0.1, -0.05) is 18.2 Å². The molecule has 1 aromatic rings. The second-order valence-electron chi connectivity index (χ2n) is 6.37. The molecule has 0 unspecified atom stereocenters. The molecule has 7 nitrogen and oxygen atoms in total. The Hall–Kier alpha value is -2.57. The topological polar surface area (TPSA) is 81.8 Å². The minimum absolute atomic E-state index is 0.0115. The third-order valence-corrected chi connectivity index (χ3v) is 4.27. The first-order valence-corrected chi connectivity index (χ1v) is 8.56. The lowest BCUT2D eigenvalue weighted by atomic mass is 10.0. The van der Waals surface area contributed by atoms with E-state index in [1.54, 1.807) is 31.1 Å². The fourth-order valence-electron chi connectivity index (χ4n) is 2.70. The summed E-state index contributed by atoms with van der Waals surface area (Å²) in [6.45, 7) is 1.51. The second kappa shape index (κ2) is 9.05. The lowest BCUT2D eigenvalue weighted by molar-refractivity contribution is -0.128. The Bertz CT molecular complexity index is 596. The van der Waals surface area contributed by atoms with E-state index in [1.165, 1.54) is 4.90 Å². The highest BCUT2D eigenvalue weighted by atomic mass is 16.2. The molecule has 1 aliphatic heterocycles. The highest BCUT2D eigenvalue weighted by Gasteiger charge is 2.24. The van der Waals surface area contributed by atoms with E-state index >= 15 is 0 Å². The molecule has 0 aliphatic carbocycles. The van der Waals surface area contributed by atoms with Crippen LogP contribution in [0.1, 0.15) is 29.6 Å². The number of carbonyl (C=O) groups is 3. The molecule has 1 aliphatic rings. The standard InChI is InChI=1S/C18H26N4O3/c1-21(2)16(23)8-11-19-18(25)22-12-9-15(10-13-22)20-17(24)14-6-4-3-5-7-14/h3-7,15H,8-13H2,1-2H3,(H,19,25)(H,20,24). The number of amides is 4. The Morgan fingerprint density at radius 1 is 1.12 bits per heavy atom. The molecule has 25 heavy (non-hydrogen) atoms. The highest BCUT2D eigenvalue weighted by Crippen LogP contribution is 2.11. The molecular weight excluding hydrogens is 320 g/mol. The molecule has 4 amide bonds. The number of benzene rings is 1. The monoisotopic (exact) mass is 346 g/mol. The van der Waals surface area contributed by atoms with Crippen molar-refractivity contribution in [2.24, 2.45) is 0 Å². The zero-order valence-corrected chi connectivity index (χ0v) is 14.8. The summed E-state index contributed by atoms with van der Waals surface area (Å²) >= 11 is 0. The van der Waals surface area contributed by atoms with Gasteiger partial charge in [0.2, 0.25) is 5.91 Å². The average Bonchev–Trinajstić information content (AvgIpc) is 2.62. The van der Waals surface area contributed by atoms with Gasteiger partial charge in [0, 0.05) is 51.8 Å². The van der Waals surface area contributed by atoms with Gasteiger partial charge < -0.3 is 20.4 Å². The fourth-order valence-corrected chi connectivity index (χ4v) is 2.70. The fraction of sp³-hybridized carbons (Fsp3) is 0.500. The SMILES string of the molecule is CN(C)C(=O)CCNC(=O)N1CCC(NC(=O)c2ccccc2)CC1. The molecule has 0 saturated carbocycles. The molecule has 136 valence electrons. The van der Waals surface area contributed by atoms with Crippen LogP contribution < -0.4 is 10.6 Å². The molecule has 0 aromatic heterocycles. The van der Waals surface area contributed by atoms with Gasteiger partial charge >= 0.3 is 6.03 Å². The molecule has 1 heterocycles. The molecule has 0 atom stereocenters. The largest absolute Gasteiger partial charge is 0.349 e. The van der Waals surface area contributed by atoms with Crippen molar-refractivity contribution >= 4 is 17.8 Å².